The van der Waals surface area contributed by atoms with Crippen LogP contribution in [-0.2, 0) is 0 Å². The molecule has 0 unspecified atom stereocenters. The minimum Gasteiger partial charge on any atom is -0.373 e. The molecular formula is C20H16ClF4N9O8. The van der Waals surface area contributed by atoms with E-state index < -0.39 is 83.0 Å². The molecule has 0 amide bonds. The number of rotatable bonds is 7. The summed E-state index contributed by atoms with van der Waals surface area (Å²) in [7, 11) is 0. The van der Waals surface area contributed by atoms with E-state index in [9.17, 15) is 58.0 Å². The highest BCUT2D eigenvalue weighted by Gasteiger charge is 2.32. The molecule has 2 heterocycles. The zero-order chi connectivity index (χ0) is 31.8. The third-order valence-corrected chi connectivity index (χ3v) is 5.51. The largest absolute Gasteiger partial charge is 0.373 e. The second-order valence-electron chi connectivity index (χ2n) is 9.21. The van der Waals surface area contributed by atoms with E-state index in [0.29, 0.717) is 12.1 Å². The molecule has 2 aromatic carbocycles. The lowest BCUT2D eigenvalue weighted by Crippen LogP contribution is -2.26. The van der Waals surface area contributed by atoms with Gasteiger partial charge in [0.15, 0.2) is 22.7 Å². The molecule has 22 heteroatoms. The van der Waals surface area contributed by atoms with Gasteiger partial charge in [0.2, 0.25) is 0 Å². The van der Waals surface area contributed by atoms with E-state index in [1.807, 2.05) is 0 Å². The van der Waals surface area contributed by atoms with Gasteiger partial charge in [-0.25, -0.2) is 27.5 Å². The van der Waals surface area contributed by atoms with Crippen molar-refractivity contribution >= 4 is 62.1 Å². The molecular weight excluding hydrogens is 606 g/mol. The number of fused-ring (bicyclic) bond motifs is 2. The Balaban J connectivity index is 0.000000235. The molecule has 224 valence electrons. The van der Waals surface area contributed by atoms with Gasteiger partial charge in [0.1, 0.15) is 16.2 Å². The lowest BCUT2D eigenvalue weighted by atomic mass is 10.1. The van der Waals surface area contributed by atoms with Crippen LogP contribution < -0.4 is 5.32 Å². The van der Waals surface area contributed by atoms with Crippen LogP contribution in [0, 0.1) is 40.5 Å². The first-order valence-electron chi connectivity index (χ1n) is 11.0. The first-order chi connectivity index (χ1) is 19.3. The average molecular weight is 622 g/mol. The molecule has 0 radical (unpaired) electrons. The third kappa shape index (κ3) is 6.24. The van der Waals surface area contributed by atoms with Crippen LogP contribution in [0.5, 0.6) is 0 Å². The van der Waals surface area contributed by atoms with E-state index in [0.717, 1.165) is 0 Å². The number of nitro benzene ring substituents is 4. The molecule has 3 N–H and O–H groups in total. The Kier molecular flexibility index (Phi) is 8.46. The first-order valence-corrected chi connectivity index (χ1v) is 11.4. The maximum Gasteiger partial charge on any atom is 0.304 e. The summed E-state index contributed by atoms with van der Waals surface area (Å²) in [5.74, 6) is -1.64. The summed E-state index contributed by atoms with van der Waals surface area (Å²) in [6, 6.07) is 1.30. The minimum absolute atomic E-state index is 0.123. The number of alkyl halides is 4. The van der Waals surface area contributed by atoms with E-state index in [4.69, 9.17) is 11.6 Å². The Morgan fingerprint density at radius 2 is 1.12 bits per heavy atom. The molecule has 0 fully saturated rings. The maximum absolute atomic E-state index is 12.8. The van der Waals surface area contributed by atoms with Gasteiger partial charge in [-0.05, 0) is 20.8 Å². The maximum atomic E-state index is 12.8. The van der Waals surface area contributed by atoms with Gasteiger partial charge >= 0.3 is 17.1 Å². The zero-order valence-corrected chi connectivity index (χ0v) is 21.9. The van der Waals surface area contributed by atoms with Gasteiger partial charge in [0, 0.05) is 5.54 Å². The van der Waals surface area contributed by atoms with Crippen molar-refractivity contribution in [2.75, 3.05) is 5.32 Å². The van der Waals surface area contributed by atoms with E-state index in [2.05, 4.69) is 25.3 Å². The van der Waals surface area contributed by atoms with E-state index in [1.165, 1.54) is 0 Å². The highest BCUT2D eigenvalue weighted by Crippen LogP contribution is 2.41. The Hall–Kier alpha value is -5.21. The predicted octanol–water partition coefficient (Wildman–Crippen LogP) is 6.50. The number of aromatic amines is 2. The Morgan fingerprint density at radius 3 is 1.50 bits per heavy atom. The number of non-ortho nitro benzene ring substituents is 2. The van der Waals surface area contributed by atoms with Crippen molar-refractivity contribution in [2.45, 2.75) is 39.2 Å². The molecule has 42 heavy (non-hydrogen) atoms. The topological polar surface area (TPSA) is 242 Å². The molecule has 0 atom stereocenters. The fourth-order valence-electron chi connectivity index (χ4n) is 3.54. The Bertz CT molecular complexity index is 1750. The van der Waals surface area contributed by atoms with Gasteiger partial charge < -0.3 is 15.3 Å². The normalized spacial score (nSPS) is 11.6. The van der Waals surface area contributed by atoms with Gasteiger partial charge in [0.25, 0.3) is 18.5 Å². The molecule has 0 saturated heterocycles. The Labute approximate surface area is 233 Å². The molecule has 0 aliphatic heterocycles. The smallest absolute Gasteiger partial charge is 0.304 e. The number of H-pyrrole nitrogens is 2. The number of nitrogens with one attached hydrogen (secondary N) is 3. The van der Waals surface area contributed by atoms with Crippen molar-refractivity contribution in [2.24, 2.45) is 0 Å². The van der Waals surface area contributed by atoms with Crippen molar-refractivity contribution in [1.82, 2.24) is 19.9 Å². The minimum atomic E-state index is -3.01. The standard InChI is InChI=1S/C12H13F2N5O4.C8H3ClF2N4O4/c1-12(2,3)17-8-6(19(22)23)4-5(18(20)21)7-9(8)16-11(15-7)10(13)14;9-4-2(14(16)17)1-3(15(18)19)5-6(4)13-8(12-5)7(10)11/h4,10,17H,1-3H3,(H,15,16);1,7H,(H,12,13). The summed E-state index contributed by atoms with van der Waals surface area (Å²) in [6.45, 7) is 5.11. The summed E-state index contributed by atoms with van der Waals surface area (Å²) in [4.78, 5) is 51.3. The van der Waals surface area contributed by atoms with Gasteiger partial charge in [-0.2, -0.15) is 0 Å². The van der Waals surface area contributed by atoms with Gasteiger partial charge in [-0.1, -0.05) is 11.6 Å². The number of nitrogens with zero attached hydrogens (tertiary/aromatic N) is 6. The zero-order valence-electron chi connectivity index (χ0n) is 21.1. The second-order valence-corrected chi connectivity index (χ2v) is 9.59. The highest BCUT2D eigenvalue weighted by atomic mass is 35.5. The van der Waals surface area contributed by atoms with Crippen LogP contribution in [0.4, 0.5) is 46.0 Å². The molecule has 2 aromatic heterocycles. The van der Waals surface area contributed by atoms with Gasteiger partial charge in [0.05, 0.1) is 37.3 Å². The average Bonchev–Trinajstić information content (AvgIpc) is 3.49. The lowest BCUT2D eigenvalue weighted by molar-refractivity contribution is -0.393. The number of nitro groups is 4. The molecule has 0 saturated carbocycles. The van der Waals surface area contributed by atoms with Crippen LogP contribution in [0.15, 0.2) is 12.1 Å². The summed E-state index contributed by atoms with van der Waals surface area (Å²) in [5, 5.41) is 46.1. The van der Waals surface area contributed by atoms with Crippen LogP contribution in [0.1, 0.15) is 45.3 Å². The predicted molar refractivity (Wildman–Crippen MR) is 137 cm³/mol. The van der Waals surface area contributed by atoms with E-state index in [-0.39, 0.29) is 22.2 Å². The molecule has 4 aromatic rings. The van der Waals surface area contributed by atoms with Crippen molar-refractivity contribution in [1.29, 1.82) is 0 Å². The van der Waals surface area contributed by atoms with Crippen molar-refractivity contribution < 1.29 is 37.3 Å². The molecule has 0 aliphatic carbocycles. The molecule has 0 spiro atoms. The quantitative estimate of drug-likeness (QED) is 0.114. The third-order valence-electron chi connectivity index (χ3n) is 5.13. The SMILES string of the molecule is CC(C)(C)Nc1c([N+](=O)[O-])cc([N+](=O)[O-])c2nc(C(F)F)[nH]c12.O=[N+]([O-])c1cc([N+](=O)[O-])c2nc(C(F)F)[nH]c2c1Cl. The summed E-state index contributed by atoms with van der Waals surface area (Å²) >= 11 is 5.65. The van der Waals surface area contributed by atoms with Crippen LogP contribution in [0.25, 0.3) is 22.1 Å². The monoisotopic (exact) mass is 621 g/mol. The van der Waals surface area contributed by atoms with Crippen LogP contribution in [-0.4, -0.2) is 45.2 Å². The number of anilines is 1. The second kappa shape index (κ2) is 11.3. The fraction of sp³-hybridized carbons (Fsp3) is 0.300. The number of imidazole rings is 2. The lowest BCUT2D eigenvalue weighted by Gasteiger charge is -2.22. The van der Waals surface area contributed by atoms with Crippen LogP contribution >= 0.6 is 11.6 Å². The summed E-state index contributed by atoms with van der Waals surface area (Å²) < 4.78 is 50.7. The molecule has 4 rings (SSSR count). The summed E-state index contributed by atoms with van der Waals surface area (Å²) in [6.07, 6.45) is -6.01. The molecule has 17 nitrogen and oxygen atoms in total. The van der Waals surface area contributed by atoms with Crippen molar-refractivity contribution in [3.05, 3.63) is 69.3 Å². The van der Waals surface area contributed by atoms with E-state index in [1.54, 1.807) is 20.8 Å². The van der Waals surface area contributed by atoms with Crippen LogP contribution in [0.2, 0.25) is 5.02 Å². The van der Waals surface area contributed by atoms with Crippen molar-refractivity contribution in [3.8, 4) is 0 Å². The van der Waals surface area contributed by atoms with Crippen LogP contribution in [0.3, 0.4) is 0 Å². The van der Waals surface area contributed by atoms with Crippen molar-refractivity contribution in [3.63, 3.8) is 0 Å². The highest BCUT2D eigenvalue weighted by molar-refractivity contribution is 6.37. The number of halogens is 5. The number of benzene rings is 2. The van der Waals surface area contributed by atoms with Gasteiger partial charge in [-0.15, -0.1) is 0 Å². The van der Waals surface area contributed by atoms with E-state index >= 15 is 0 Å². The first kappa shape index (κ1) is 31.3. The number of hydrogen-bond acceptors (Lipinski definition) is 11. The van der Waals surface area contributed by atoms with Gasteiger partial charge in [-0.3, -0.25) is 40.5 Å². The number of hydrogen-bond donors (Lipinski definition) is 3. The number of aromatic nitrogens is 4. The fourth-order valence-corrected chi connectivity index (χ4v) is 3.80. The Morgan fingerprint density at radius 1 is 0.738 bits per heavy atom. The molecule has 0 bridgehead atoms. The molecule has 0 aliphatic rings. The summed E-state index contributed by atoms with van der Waals surface area (Å²) in [5.41, 5.74) is -4.98.